The van der Waals surface area contributed by atoms with Gasteiger partial charge >= 0.3 is 5.69 Å². The number of fused-ring (bicyclic) bond motifs is 1. The van der Waals surface area contributed by atoms with Gasteiger partial charge in [0, 0.05) is 24.2 Å². The van der Waals surface area contributed by atoms with Crippen molar-refractivity contribution < 1.29 is 0 Å². The van der Waals surface area contributed by atoms with Gasteiger partial charge in [0.1, 0.15) is 0 Å². The molecular weight excluding hydrogens is 282 g/mol. The summed E-state index contributed by atoms with van der Waals surface area (Å²) in [6.07, 6.45) is 9.59. The molecule has 0 bridgehead atoms. The monoisotopic (exact) mass is 297 g/mol. The molecule has 0 radical (unpaired) electrons. The van der Waals surface area contributed by atoms with Crippen LogP contribution in [0.1, 0.15) is 37.2 Å². The number of imidazole rings is 1. The predicted octanol–water partition coefficient (Wildman–Crippen LogP) is 1.43. The number of aromatic nitrogens is 5. The molecule has 7 heteroatoms. The molecule has 2 N–H and O–H groups in total. The molecule has 0 aliphatic heterocycles. The van der Waals surface area contributed by atoms with Crippen molar-refractivity contribution in [3.8, 4) is 11.3 Å². The van der Waals surface area contributed by atoms with Gasteiger partial charge in [-0.05, 0) is 24.8 Å². The minimum absolute atomic E-state index is 0.356. The average Bonchev–Trinajstić information content (AvgIpc) is 3.17. The smallest absolute Gasteiger partial charge is 0.313 e. The number of nitrogens with one attached hydrogen (secondary N) is 2. The Hall–Kier alpha value is -2.70. The Labute approximate surface area is 125 Å². The lowest BCUT2D eigenvalue weighted by Crippen LogP contribution is -2.23. The summed E-state index contributed by atoms with van der Waals surface area (Å²) in [5.41, 5.74) is 1.91. The van der Waals surface area contributed by atoms with Gasteiger partial charge in [-0.2, -0.15) is 5.10 Å². The van der Waals surface area contributed by atoms with E-state index >= 15 is 0 Å². The van der Waals surface area contributed by atoms with E-state index in [1.54, 1.807) is 16.9 Å². The highest BCUT2D eigenvalue weighted by Crippen LogP contribution is 2.36. The molecule has 1 saturated carbocycles. The van der Waals surface area contributed by atoms with Crippen LogP contribution in [0.15, 0.2) is 34.2 Å². The lowest BCUT2D eigenvalue weighted by Gasteiger charge is -2.12. The summed E-state index contributed by atoms with van der Waals surface area (Å²) in [4.78, 5) is 32.3. The van der Waals surface area contributed by atoms with Crippen LogP contribution in [0.4, 0.5) is 0 Å². The number of aromatic amines is 2. The van der Waals surface area contributed by atoms with Crippen molar-refractivity contribution in [1.29, 1.82) is 0 Å². The first-order valence-corrected chi connectivity index (χ1v) is 7.39. The Balaban J connectivity index is 1.94. The van der Waals surface area contributed by atoms with E-state index in [0.29, 0.717) is 17.2 Å². The summed E-state index contributed by atoms with van der Waals surface area (Å²) in [6, 6.07) is 1.93. The first-order valence-electron chi connectivity index (χ1n) is 7.39. The number of H-pyrrole nitrogens is 2. The maximum absolute atomic E-state index is 12.0. The molecule has 0 atom stereocenters. The van der Waals surface area contributed by atoms with Crippen LogP contribution in [0.5, 0.6) is 0 Å². The molecule has 0 unspecified atom stereocenters. The molecule has 3 aromatic heterocycles. The number of rotatable bonds is 2. The fraction of sp³-hybridized carbons (Fsp3) is 0.333. The zero-order valence-electron chi connectivity index (χ0n) is 11.9. The highest BCUT2D eigenvalue weighted by molar-refractivity contribution is 5.62. The van der Waals surface area contributed by atoms with Gasteiger partial charge in [0.2, 0.25) is 0 Å². The van der Waals surface area contributed by atoms with Gasteiger partial charge in [-0.1, -0.05) is 12.8 Å². The highest BCUT2D eigenvalue weighted by Gasteiger charge is 2.22. The molecule has 0 amide bonds. The zero-order chi connectivity index (χ0) is 15.1. The van der Waals surface area contributed by atoms with Crippen LogP contribution in [-0.4, -0.2) is 24.6 Å². The quantitative estimate of drug-likeness (QED) is 0.748. The third-order valence-corrected chi connectivity index (χ3v) is 4.28. The van der Waals surface area contributed by atoms with Crippen LogP contribution in [0.3, 0.4) is 0 Å². The molecule has 1 fully saturated rings. The van der Waals surface area contributed by atoms with Gasteiger partial charge in [0.25, 0.3) is 5.56 Å². The lowest BCUT2D eigenvalue weighted by molar-refractivity contribution is 0.717. The van der Waals surface area contributed by atoms with E-state index in [1.807, 2.05) is 6.07 Å². The Morgan fingerprint density at radius 3 is 2.82 bits per heavy atom. The number of nitrogens with zero attached hydrogens (tertiary/aromatic N) is 3. The Bertz CT molecular complexity index is 946. The van der Waals surface area contributed by atoms with E-state index in [-0.39, 0.29) is 0 Å². The molecule has 1 aliphatic rings. The second kappa shape index (κ2) is 4.94. The van der Waals surface area contributed by atoms with E-state index in [2.05, 4.69) is 20.1 Å². The lowest BCUT2D eigenvalue weighted by atomic mass is 9.98. The van der Waals surface area contributed by atoms with Crippen molar-refractivity contribution in [3.05, 3.63) is 51.1 Å². The summed E-state index contributed by atoms with van der Waals surface area (Å²) in [5, 5.41) is 4.44. The van der Waals surface area contributed by atoms with E-state index in [0.717, 1.165) is 24.1 Å². The van der Waals surface area contributed by atoms with Gasteiger partial charge < -0.3 is 4.98 Å². The third-order valence-electron chi connectivity index (χ3n) is 4.28. The average molecular weight is 297 g/mol. The summed E-state index contributed by atoms with van der Waals surface area (Å²) in [6.45, 7) is 0. The van der Waals surface area contributed by atoms with Crippen LogP contribution in [-0.2, 0) is 0 Å². The normalized spacial score (nSPS) is 15.6. The number of hydrogen-bond donors (Lipinski definition) is 2. The Kier molecular flexibility index (Phi) is 2.92. The van der Waals surface area contributed by atoms with Crippen molar-refractivity contribution in [2.24, 2.45) is 0 Å². The SMILES string of the molecule is O=c1[nH]cc(-c2cc(C3CCCC3)c3nccn3n2)c(=O)[nH]1. The van der Waals surface area contributed by atoms with E-state index < -0.39 is 11.2 Å². The Morgan fingerprint density at radius 1 is 1.23 bits per heavy atom. The van der Waals surface area contributed by atoms with Gasteiger partial charge in [-0.15, -0.1) is 0 Å². The maximum Gasteiger partial charge on any atom is 0.325 e. The topological polar surface area (TPSA) is 95.9 Å². The van der Waals surface area contributed by atoms with Gasteiger partial charge in [-0.25, -0.2) is 14.3 Å². The van der Waals surface area contributed by atoms with Crippen molar-refractivity contribution >= 4 is 5.65 Å². The second-order valence-electron chi connectivity index (χ2n) is 5.65. The molecule has 4 rings (SSSR count). The molecule has 1 aliphatic carbocycles. The summed E-state index contributed by atoms with van der Waals surface area (Å²) in [7, 11) is 0. The fourth-order valence-corrected chi connectivity index (χ4v) is 3.21. The summed E-state index contributed by atoms with van der Waals surface area (Å²) < 4.78 is 1.70. The van der Waals surface area contributed by atoms with Crippen LogP contribution < -0.4 is 11.2 Å². The van der Waals surface area contributed by atoms with Gasteiger partial charge in [0.05, 0.1) is 11.3 Å². The van der Waals surface area contributed by atoms with E-state index in [9.17, 15) is 9.59 Å². The van der Waals surface area contributed by atoms with E-state index in [1.165, 1.54) is 19.0 Å². The largest absolute Gasteiger partial charge is 0.325 e. The highest BCUT2D eigenvalue weighted by atomic mass is 16.2. The molecule has 3 aromatic rings. The third kappa shape index (κ3) is 2.05. The molecule has 3 heterocycles. The molecule has 0 saturated heterocycles. The van der Waals surface area contributed by atoms with Gasteiger partial charge in [-0.3, -0.25) is 9.78 Å². The standard InChI is InChI=1S/C15H15N5O2/c21-14-11(8-17-15(22)18-14)12-7-10(9-3-1-2-4-9)13-16-5-6-20(13)19-12/h5-9H,1-4H2,(H2,17,18,21,22). The van der Waals surface area contributed by atoms with Crippen molar-refractivity contribution in [2.75, 3.05) is 0 Å². The van der Waals surface area contributed by atoms with Crippen molar-refractivity contribution in [3.63, 3.8) is 0 Å². The van der Waals surface area contributed by atoms with Crippen molar-refractivity contribution in [2.45, 2.75) is 31.6 Å². The predicted molar refractivity (Wildman–Crippen MR) is 80.9 cm³/mol. The Morgan fingerprint density at radius 2 is 2.05 bits per heavy atom. The van der Waals surface area contributed by atoms with Crippen LogP contribution in [0.2, 0.25) is 0 Å². The second-order valence-corrected chi connectivity index (χ2v) is 5.65. The van der Waals surface area contributed by atoms with Gasteiger partial charge in [0.15, 0.2) is 5.65 Å². The van der Waals surface area contributed by atoms with Crippen LogP contribution in [0, 0.1) is 0 Å². The first-order chi connectivity index (χ1) is 10.7. The van der Waals surface area contributed by atoms with Crippen LogP contribution in [0.25, 0.3) is 16.9 Å². The van der Waals surface area contributed by atoms with E-state index in [4.69, 9.17) is 0 Å². The first kappa shape index (κ1) is 13.0. The molecule has 0 spiro atoms. The summed E-state index contributed by atoms with van der Waals surface area (Å²) in [5.74, 6) is 0.452. The van der Waals surface area contributed by atoms with Crippen LogP contribution >= 0.6 is 0 Å². The summed E-state index contributed by atoms with van der Waals surface area (Å²) >= 11 is 0. The zero-order valence-corrected chi connectivity index (χ0v) is 11.9. The fourth-order valence-electron chi connectivity index (χ4n) is 3.21. The maximum atomic E-state index is 12.0. The molecule has 22 heavy (non-hydrogen) atoms. The minimum atomic E-state index is -0.520. The number of hydrogen-bond acceptors (Lipinski definition) is 4. The molecular formula is C15H15N5O2. The van der Waals surface area contributed by atoms with Crippen molar-refractivity contribution in [1.82, 2.24) is 24.6 Å². The molecule has 7 nitrogen and oxygen atoms in total. The molecule has 0 aromatic carbocycles. The molecule has 112 valence electrons. The minimum Gasteiger partial charge on any atom is -0.313 e.